The molecule has 0 fully saturated rings. The number of nitrogens with zero attached hydrogens (tertiary/aromatic N) is 3. The smallest absolute Gasteiger partial charge is 0.309 e. The van der Waals surface area contributed by atoms with Crippen molar-refractivity contribution in [2.75, 3.05) is 5.32 Å². The van der Waals surface area contributed by atoms with E-state index in [0.717, 1.165) is 16.9 Å². The van der Waals surface area contributed by atoms with Crippen molar-refractivity contribution in [3.63, 3.8) is 0 Å². The number of nitrogens with one attached hydrogen (secondary N) is 1. The number of rotatable bonds is 3. The molecule has 0 bridgehead atoms. The minimum Gasteiger partial charge on any atom is -0.309 e. The number of halogens is 4. The third-order valence-electron chi connectivity index (χ3n) is 2.65. The maximum Gasteiger partial charge on any atom is 0.435 e. The highest BCUT2D eigenvalue weighted by Gasteiger charge is 2.34. The molecule has 1 N–H and O–H groups in total. The van der Waals surface area contributed by atoms with E-state index in [4.69, 9.17) is 11.6 Å². The molecule has 0 aliphatic heterocycles. The van der Waals surface area contributed by atoms with Crippen LogP contribution in [0.1, 0.15) is 18.7 Å². The van der Waals surface area contributed by atoms with Crippen molar-refractivity contribution in [3.05, 3.63) is 41.3 Å². The van der Waals surface area contributed by atoms with Crippen LogP contribution in [0.3, 0.4) is 0 Å². The third-order valence-corrected chi connectivity index (χ3v) is 2.88. The molecule has 2 rings (SSSR count). The highest BCUT2D eigenvalue weighted by molar-refractivity contribution is 6.30. The number of carbonyl (C=O) groups excluding carboxylic acids is 1. The largest absolute Gasteiger partial charge is 0.435 e. The fraction of sp³-hybridized carbons (Fsp3) is 0.250. The third kappa shape index (κ3) is 3.72. The maximum atomic E-state index is 12.5. The second-order valence-corrected chi connectivity index (χ2v) is 4.64. The normalized spacial score (nSPS) is 13.0. The van der Waals surface area contributed by atoms with Crippen LogP contribution in [0.25, 0.3) is 0 Å². The van der Waals surface area contributed by atoms with Crippen molar-refractivity contribution in [2.45, 2.75) is 19.1 Å². The second-order valence-electron chi connectivity index (χ2n) is 4.21. The average Bonchev–Trinajstić information content (AvgIpc) is 2.90. The lowest BCUT2D eigenvalue weighted by molar-refractivity contribution is -0.141. The van der Waals surface area contributed by atoms with Gasteiger partial charge in [-0.2, -0.15) is 18.3 Å². The molecule has 2 aromatic rings. The monoisotopic (exact) mass is 318 g/mol. The molecule has 2 aromatic heterocycles. The Morgan fingerprint density at radius 1 is 1.38 bits per heavy atom. The fourth-order valence-corrected chi connectivity index (χ4v) is 1.62. The summed E-state index contributed by atoms with van der Waals surface area (Å²) in [6, 6.07) is 2.91. The van der Waals surface area contributed by atoms with Crippen molar-refractivity contribution in [1.29, 1.82) is 0 Å². The Balaban J connectivity index is 2.08. The molecule has 0 spiro atoms. The van der Waals surface area contributed by atoms with E-state index in [-0.39, 0.29) is 5.82 Å². The number of alkyl halides is 3. The molecule has 0 radical (unpaired) electrons. The van der Waals surface area contributed by atoms with Gasteiger partial charge >= 0.3 is 6.18 Å². The molecule has 21 heavy (non-hydrogen) atoms. The van der Waals surface area contributed by atoms with E-state index in [1.54, 1.807) is 0 Å². The van der Waals surface area contributed by atoms with E-state index in [1.807, 2.05) is 0 Å². The zero-order chi connectivity index (χ0) is 15.6. The molecule has 1 amide bonds. The molecule has 0 unspecified atom stereocenters. The molecule has 0 aromatic carbocycles. The van der Waals surface area contributed by atoms with E-state index < -0.39 is 23.8 Å². The van der Waals surface area contributed by atoms with Gasteiger partial charge in [-0.3, -0.25) is 9.48 Å². The van der Waals surface area contributed by atoms with Crippen LogP contribution in [0.15, 0.2) is 30.6 Å². The number of carbonyl (C=O) groups is 1. The Morgan fingerprint density at radius 2 is 2.10 bits per heavy atom. The van der Waals surface area contributed by atoms with Crippen LogP contribution in [0.2, 0.25) is 5.02 Å². The summed E-state index contributed by atoms with van der Waals surface area (Å²) in [6.45, 7) is 1.43. The number of hydrogen-bond donors (Lipinski definition) is 1. The van der Waals surface area contributed by atoms with Crippen molar-refractivity contribution >= 4 is 23.3 Å². The van der Waals surface area contributed by atoms with Gasteiger partial charge in [0.15, 0.2) is 5.69 Å². The summed E-state index contributed by atoms with van der Waals surface area (Å²) in [5.41, 5.74) is -1.05. The van der Waals surface area contributed by atoms with Gasteiger partial charge in [0.05, 0.1) is 5.02 Å². The molecule has 0 aliphatic carbocycles. The summed E-state index contributed by atoms with van der Waals surface area (Å²) in [7, 11) is 0. The SMILES string of the molecule is C[C@H](C(=O)Nc1ccc(Cl)cn1)n1ccc(C(F)(F)F)n1. The van der Waals surface area contributed by atoms with Gasteiger partial charge in [-0.05, 0) is 25.1 Å². The molecule has 1 atom stereocenters. The summed E-state index contributed by atoms with van der Waals surface area (Å²) >= 11 is 5.66. The minimum atomic E-state index is -4.54. The number of pyridine rings is 1. The molecule has 5 nitrogen and oxygen atoms in total. The fourth-order valence-electron chi connectivity index (χ4n) is 1.51. The van der Waals surface area contributed by atoms with Crippen LogP contribution in [0, 0.1) is 0 Å². The minimum absolute atomic E-state index is 0.249. The zero-order valence-corrected chi connectivity index (χ0v) is 11.5. The van der Waals surface area contributed by atoms with Crippen LogP contribution in [-0.4, -0.2) is 20.7 Å². The summed E-state index contributed by atoms with van der Waals surface area (Å²) in [6.07, 6.45) is -2.10. The number of hydrogen-bond acceptors (Lipinski definition) is 3. The maximum absolute atomic E-state index is 12.5. The lowest BCUT2D eigenvalue weighted by Gasteiger charge is -2.12. The number of amides is 1. The van der Waals surface area contributed by atoms with Gasteiger partial charge in [-0.1, -0.05) is 11.6 Å². The molecule has 0 saturated heterocycles. The molecule has 0 saturated carbocycles. The Hall–Kier alpha value is -2.09. The summed E-state index contributed by atoms with van der Waals surface area (Å²) in [5, 5.41) is 6.22. The first kappa shape index (κ1) is 15.3. The van der Waals surface area contributed by atoms with E-state index in [9.17, 15) is 18.0 Å². The highest BCUT2D eigenvalue weighted by Crippen LogP contribution is 2.27. The summed E-state index contributed by atoms with van der Waals surface area (Å²) < 4.78 is 38.3. The topological polar surface area (TPSA) is 59.8 Å². The molecule has 0 aliphatic rings. The van der Waals surface area contributed by atoms with Gasteiger partial charge < -0.3 is 5.32 Å². The van der Waals surface area contributed by atoms with Gasteiger partial charge in [-0.15, -0.1) is 0 Å². The second kappa shape index (κ2) is 5.72. The molecule has 9 heteroatoms. The van der Waals surface area contributed by atoms with Crippen LogP contribution in [-0.2, 0) is 11.0 Å². The zero-order valence-electron chi connectivity index (χ0n) is 10.7. The number of anilines is 1. The van der Waals surface area contributed by atoms with Gasteiger partial charge in [0, 0.05) is 12.4 Å². The molecule has 2 heterocycles. The van der Waals surface area contributed by atoms with Crippen LogP contribution >= 0.6 is 11.6 Å². The van der Waals surface area contributed by atoms with Crippen LogP contribution in [0.4, 0.5) is 19.0 Å². The Labute approximate surface area is 122 Å². The van der Waals surface area contributed by atoms with Crippen LogP contribution in [0.5, 0.6) is 0 Å². The van der Waals surface area contributed by atoms with Gasteiger partial charge in [0.25, 0.3) is 0 Å². The van der Waals surface area contributed by atoms with E-state index in [0.29, 0.717) is 5.02 Å². The average molecular weight is 319 g/mol. The summed E-state index contributed by atoms with van der Waals surface area (Å²) in [5.74, 6) is -0.291. The first-order valence-corrected chi connectivity index (χ1v) is 6.20. The van der Waals surface area contributed by atoms with Crippen molar-refractivity contribution in [2.24, 2.45) is 0 Å². The van der Waals surface area contributed by atoms with Crippen molar-refractivity contribution in [3.8, 4) is 0 Å². The van der Waals surface area contributed by atoms with E-state index in [2.05, 4.69) is 15.4 Å². The van der Waals surface area contributed by atoms with Gasteiger partial charge in [0.2, 0.25) is 5.91 Å². The predicted molar refractivity (Wildman–Crippen MR) is 69.8 cm³/mol. The van der Waals surface area contributed by atoms with Gasteiger partial charge in [0.1, 0.15) is 11.9 Å². The lowest BCUT2D eigenvalue weighted by Crippen LogP contribution is -2.25. The standard InChI is InChI=1S/C12H10ClF3N4O/c1-7(20-5-4-9(19-20)12(14,15)16)11(21)18-10-3-2-8(13)6-17-10/h2-7H,1H3,(H,17,18,21)/t7-/m1/s1. The van der Waals surface area contributed by atoms with Crippen molar-refractivity contribution in [1.82, 2.24) is 14.8 Å². The van der Waals surface area contributed by atoms with E-state index >= 15 is 0 Å². The summed E-state index contributed by atoms with van der Waals surface area (Å²) in [4.78, 5) is 15.8. The number of aromatic nitrogens is 3. The first-order chi connectivity index (χ1) is 9.77. The molecular weight excluding hydrogens is 309 g/mol. The quantitative estimate of drug-likeness (QED) is 0.945. The van der Waals surface area contributed by atoms with Crippen LogP contribution < -0.4 is 5.32 Å². The van der Waals surface area contributed by atoms with Crippen molar-refractivity contribution < 1.29 is 18.0 Å². The Bertz CT molecular complexity index is 639. The molecule has 112 valence electrons. The Morgan fingerprint density at radius 3 is 2.62 bits per heavy atom. The first-order valence-electron chi connectivity index (χ1n) is 5.82. The van der Waals surface area contributed by atoms with E-state index in [1.165, 1.54) is 25.3 Å². The molecular formula is C12H10ClF3N4O. The predicted octanol–water partition coefficient (Wildman–Crippen LogP) is 3.15. The highest BCUT2D eigenvalue weighted by atomic mass is 35.5. The lowest BCUT2D eigenvalue weighted by atomic mass is 10.3. The Kier molecular flexibility index (Phi) is 4.17. The van der Waals surface area contributed by atoms with Gasteiger partial charge in [-0.25, -0.2) is 4.98 Å².